The monoisotopic (exact) mass is 278 g/mol. The van der Waals surface area contributed by atoms with Gasteiger partial charge in [0.05, 0.1) is 0 Å². The molecule has 0 radical (unpaired) electrons. The number of nitrogen functional groups attached to an aromatic ring is 1. The van der Waals surface area contributed by atoms with Gasteiger partial charge in [-0.25, -0.2) is 4.98 Å². The summed E-state index contributed by atoms with van der Waals surface area (Å²) < 4.78 is 0. The Labute approximate surface area is 117 Å². The number of imidazole rings is 1. The van der Waals surface area contributed by atoms with Gasteiger partial charge in [-0.2, -0.15) is 4.98 Å². The summed E-state index contributed by atoms with van der Waals surface area (Å²) in [6, 6.07) is 0. The minimum Gasteiger partial charge on any atom is -0.369 e. The van der Waals surface area contributed by atoms with Crippen molar-refractivity contribution in [3.63, 3.8) is 0 Å². The Hall–Kier alpha value is -1.89. The Morgan fingerprint density at radius 3 is 2.70 bits per heavy atom. The van der Waals surface area contributed by atoms with Crippen molar-refractivity contribution in [2.75, 3.05) is 12.3 Å². The van der Waals surface area contributed by atoms with E-state index in [2.05, 4.69) is 26.9 Å². The standard InChI is InChI=1S/C13H22N6O/c1-2-3-8(6-7-14)4-5-9-16-10-11(17-9)18-13(15)19-12(10)20/h8H,2-7,14H2,1H3,(H4,15,16,17,18,19,20). The molecular weight excluding hydrogens is 256 g/mol. The highest BCUT2D eigenvalue weighted by molar-refractivity contribution is 5.70. The predicted molar refractivity (Wildman–Crippen MR) is 79.3 cm³/mol. The fraction of sp³-hybridized carbons (Fsp3) is 0.615. The molecule has 1 atom stereocenters. The van der Waals surface area contributed by atoms with Crippen molar-refractivity contribution < 1.29 is 0 Å². The van der Waals surface area contributed by atoms with E-state index in [0.717, 1.165) is 31.5 Å². The predicted octanol–water partition coefficient (Wildman–Crippen LogP) is 0.926. The van der Waals surface area contributed by atoms with E-state index in [4.69, 9.17) is 11.5 Å². The van der Waals surface area contributed by atoms with Crippen molar-refractivity contribution in [1.82, 2.24) is 19.9 Å². The van der Waals surface area contributed by atoms with Crippen LogP contribution < -0.4 is 17.0 Å². The second-order valence-corrected chi connectivity index (χ2v) is 5.10. The largest absolute Gasteiger partial charge is 0.369 e. The molecule has 0 saturated carbocycles. The highest BCUT2D eigenvalue weighted by Gasteiger charge is 2.11. The summed E-state index contributed by atoms with van der Waals surface area (Å²) in [4.78, 5) is 25.5. The van der Waals surface area contributed by atoms with Crippen LogP contribution in [0.2, 0.25) is 0 Å². The lowest BCUT2D eigenvalue weighted by atomic mass is 9.94. The van der Waals surface area contributed by atoms with Crippen molar-refractivity contribution >= 4 is 17.1 Å². The van der Waals surface area contributed by atoms with E-state index >= 15 is 0 Å². The molecule has 0 aliphatic carbocycles. The molecule has 1 unspecified atom stereocenters. The van der Waals surface area contributed by atoms with Gasteiger partial charge in [0.1, 0.15) is 5.82 Å². The maximum absolute atomic E-state index is 11.7. The number of hydrogen-bond donors (Lipinski definition) is 4. The van der Waals surface area contributed by atoms with E-state index < -0.39 is 0 Å². The van der Waals surface area contributed by atoms with Crippen molar-refractivity contribution in [2.24, 2.45) is 11.7 Å². The van der Waals surface area contributed by atoms with E-state index in [1.807, 2.05) is 0 Å². The molecule has 0 bridgehead atoms. The second kappa shape index (κ2) is 6.51. The average molecular weight is 278 g/mol. The van der Waals surface area contributed by atoms with Gasteiger partial charge >= 0.3 is 0 Å². The first-order chi connectivity index (χ1) is 9.63. The summed E-state index contributed by atoms with van der Waals surface area (Å²) in [7, 11) is 0. The molecule has 7 heteroatoms. The van der Waals surface area contributed by atoms with E-state index in [0.29, 0.717) is 23.6 Å². The molecule has 0 aliphatic rings. The van der Waals surface area contributed by atoms with Gasteiger partial charge in [0.2, 0.25) is 5.95 Å². The number of anilines is 1. The number of aromatic nitrogens is 4. The Bertz CT molecular complexity index is 611. The molecule has 2 aromatic heterocycles. The molecule has 6 N–H and O–H groups in total. The number of rotatable bonds is 7. The Morgan fingerprint density at radius 2 is 2.00 bits per heavy atom. The molecule has 0 amide bonds. The quantitative estimate of drug-likeness (QED) is 0.599. The first kappa shape index (κ1) is 14.5. The van der Waals surface area contributed by atoms with Gasteiger partial charge in [0.15, 0.2) is 11.2 Å². The molecule has 0 aliphatic heterocycles. The van der Waals surface area contributed by atoms with Gasteiger partial charge in [0.25, 0.3) is 5.56 Å². The van der Waals surface area contributed by atoms with Crippen LogP contribution in [0.15, 0.2) is 4.79 Å². The summed E-state index contributed by atoms with van der Waals surface area (Å²) in [6.45, 7) is 2.89. The molecule has 0 aromatic carbocycles. The maximum atomic E-state index is 11.7. The van der Waals surface area contributed by atoms with Crippen LogP contribution in [-0.4, -0.2) is 26.5 Å². The molecule has 0 fully saturated rings. The molecule has 0 saturated heterocycles. The lowest BCUT2D eigenvalue weighted by Crippen LogP contribution is -2.11. The maximum Gasteiger partial charge on any atom is 0.278 e. The van der Waals surface area contributed by atoms with Crippen molar-refractivity contribution in [2.45, 2.75) is 39.0 Å². The van der Waals surface area contributed by atoms with E-state index in [1.54, 1.807) is 0 Å². The Kier molecular flexibility index (Phi) is 4.73. The number of nitrogens with zero attached hydrogens (tertiary/aromatic N) is 2. The summed E-state index contributed by atoms with van der Waals surface area (Å²) in [6.07, 6.45) is 5.16. The molecule has 2 heterocycles. The highest BCUT2D eigenvalue weighted by Crippen LogP contribution is 2.17. The third kappa shape index (κ3) is 3.36. The molecule has 0 spiro atoms. The van der Waals surface area contributed by atoms with E-state index in [-0.39, 0.29) is 11.5 Å². The van der Waals surface area contributed by atoms with Crippen LogP contribution in [0.5, 0.6) is 0 Å². The lowest BCUT2D eigenvalue weighted by molar-refractivity contribution is 0.418. The van der Waals surface area contributed by atoms with Gasteiger partial charge in [-0.3, -0.25) is 9.78 Å². The summed E-state index contributed by atoms with van der Waals surface area (Å²) in [5.74, 6) is 1.48. The second-order valence-electron chi connectivity index (χ2n) is 5.10. The lowest BCUT2D eigenvalue weighted by Gasteiger charge is -2.13. The zero-order chi connectivity index (χ0) is 14.5. The smallest absolute Gasteiger partial charge is 0.278 e. The number of aryl methyl sites for hydroxylation is 1. The Balaban J connectivity index is 2.10. The number of H-pyrrole nitrogens is 2. The number of aromatic amines is 2. The van der Waals surface area contributed by atoms with Gasteiger partial charge in [-0.05, 0) is 25.3 Å². The fourth-order valence-corrected chi connectivity index (χ4v) is 2.51. The van der Waals surface area contributed by atoms with Crippen molar-refractivity contribution in [1.29, 1.82) is 0 Å². The van der Waals surface area contributed by atoms with Crippen LogP contribution in [-0.2, 0) is 6.42 Å². The van der Waals surface area contributed by atoms with E-state index in [1.165, 1.54) is 6.42 Å². The van der Waals surface area contributed by atoms with Crippen LogP contribution in [0.25, 0.3) is 11.2 Å². The number of hydrogen-bond acceptors (Lipinski definition) is 5. The third-order valence-corrected chi connectivity index (χ3v) is 3.49. The van der Waals surface area contributed by atoms with Gasteiger partial charge in [0, 0.05) is 6.42 Å². The normalized spacial score (nSPS) is 12.9. The third-order valence-electron chi connectivity index (χ3n) is 3.49. The van der Waals surface area contributed by atoms with Gasteiger partial charge < -0.3 is 16.5 Å². The zero-order valence-electron chi connectivity index (χ0n) is 11.8. The number of nitrogens with one attached hydrogen (secondary N) is 2. The molecule has 20 heavy (non-hydrogen) atoms. The number of nitrogens with two attached hydrogens (primary N) is 2. The molecular formula is C13H22N6O. The SMILES string of the molecule is CCCC(CCN)CCc1nc2nc(N)[nH]c(=O)c2[nH]1. The molecule has 110 valence electrons. The van der Waals surface area contributed by atoms with Crippen LogP contribution in [0.1, 0.15) is 38.4 Å². The van der Waals surface area contributed by atoms with Crippen LogP contribution >= 0.6 is 0 Å². The van der Waals surface area contributed by atoms with Crippen LogP contribution in [0.3, 0.4) is 0 Å². The fourth-order valence-electron chi connectivity index (χ4n) is 2.51. The summed E-state index contributed by atoms with van der Waals surface area (Å²) in [5, 5.41) is 0. The molecule has 2 rings (SSSR count). The molecule has 2 aromatic rings. The van der Waals surface area contributed by atoms with Crippen LogP contribution in [0.4, 0.5) is 5.95 Å². The summed E-state index contributed by atoms with van der Waals surface area (Å²) >= 11 is 0. The van der Waals surface area contributed by atoms with Crippen LogP contribution in [0, 0.1) is 5.92 Å². The van der Waals surface area contributed by atoms with Gasteiger partial charge in [-0.15, -0.1) is 0 Å². The first-order valence-electron chi connectivity index (χ1n) is 7.08. The summed E-state index contributed by atoms with van der Waals surface area (Å²) in [5.41, 5.74) is 11.6. The highest BCUT2D eigenvalue weighted by atomic mass is 16.1. The molecule has 7 nitrogen and oxygen atoms in total. The Morgan fingerprint density at radius 1 is 1.20 bits per heavy atom. The van der Waals surface area contributed by atoms with Gasteiger partial charge in [-0.1, -0.05) is 19.8 Å². The van der Waals surface area contributed by atoms with Crippen molar-refractivity contribution in [3.8, 4) is 0 Å². The topological polar surface area (TPSA) is 126 Å². The van der Waals surface area contributed by atoms with E-state index in [9.17, 15) is 4.79 Å². The minimum absolute atomic E-state index is 0.0903. The minimum atomic E-state index is -0.279. The van der Waals surface area contributed by atoms with Crippen molar-refractivity contribution in [3.05, 3.63) is 16.2 Å². The average Bonchev–Trinajstić information content (AvgIpc) is 2.79. The zero-order valence-corrected chi connectivity index (χ0v) is 11.8. The number of fused-ring (bicyclic) bond motifs is 1. The first-order valence-corrected chi connectivity index (χ1v) is 7.08.